The van der Waals surface area contributed by atoms with Gasteiger partial charge in [0.25, 0.3) is 0 Å². The van der Waals surface area contributed by atoms with Crippen molar-refractivity contribution in [2.24, 2.45) is 5.92 Å². The standard InChI is InChI=1S/C27H31N5O3S/c1-4-21(33)31-12-6-8-18(15-31)29-25(34)24-23-22-20(10-11-28-26(22)36-24)32(27(35)30-23)19-9-5-7-17(14-19)13-16(2)3/h4-5,7,9-11,14,16,18,23-24H,1,6,8,12-13,15H2,2-3H3,(H,29,34)(H,30,35)/t18?,23?,24-/m1/s1. The van der Waals surface area contributed by atoms with Crippen LogP contribution in [0.15, 0.2) is 54.2 Å². The van der Waals surface area contributed by atoms with Crippen LogP contribution in [0.25, 0.3) is 0 Å². The normalized spacial score (nSPS) is 22.8. The SMILES string of the molecule is C=CC(=O)N1CCCC(NC(=O)[C@@H]2Sc3nccc4c3C2NC(=O)N4c2cccc(CC(C)C)c2)C1. The summed E-state index contributed by atoms with van der Waals surface area (Å²) in [7, 11) is 0. The molecule has 36 heavy (non-hydrogen) atoms. The van der Waals surface area contributed by atoms with E-state index in [9.17, 15) is 14.4 Å². The maximum absolute atomic E-state index is 13.4. The Morgan fingerprint density at radius 3 is 2.94 bits per heavy atom. The van der Waals surface area contributed by atoms with E-state index >= 15 is 0 Å². The first kappa shape index (κ1) is 24.4. The number of pyridine rings is 1. The molecular weight excluding hydrogens is 474 g/mol. The zero-order valence-corrected chi connectivity index (χ0v) is 21.4. The smallest absolute Gasteiger partial charge is 0.327 e. The lowest BCUT2D eigenvalue weighted by molar-refractivity contribution is -0.129. The number of nitrogens with zero attached hydrogens (tertiary/aromatic N) is 3. The van der Waals surface area contributed by atoms with Crippen molar-refractivity contribution in [2.75, 3.05) is 18.0 Å². The molecule has 0 bridgehead atoms. The first-order chi connectivity index (χ1) is 17.4. The number of aromatic nitrogens is 1. The Morgan fingerprint density at radius 2 is 2.17 bits per heavy atom. The van der Waals surface area contributed by atoms with Crippen LogP contribution in [0, 0.1) is 5.92 Å². The van der Waals surface area contributed by atoms with Gasteiger partial charge < -0.3 is 15.5 Å². The molecule has 3 aliphatic rings. The van der Waals surface area contributed by atoms with Gasteiger partial charge in [0.2, 0.25) is 11.8 Å². The Labute approximate surface area is 215 Å². The summed E-state index contributed by atoms with van der Waals surface area (Å²) in [5.41, 5.74) is 3.61. The molecule has 8 nitrogen and oxygen atoms in total. The van der Waals surface area contributed by atoms with Gasteiger partial charge in [-0.05, 0) is 55.0 Å². The van der Waals surface area contributed by atoms with Crippen molar-refractivity contribution in [3.63, 3.8) is 0 Å². The van der Waals surface area contributed by atoms with Crippen molar-refractivity contribution in [1.82, 2.24) is 20.5 Å². The molecule has 2 N–H and O–H groups in total. The van der Waals surface area contributed by atoms with Crippen LogP contribution in [-0.2, 0) is 16.0 Å². The molecule has 2 unspecified atom stereocenters. The lowest BCUT2D eigenvalue weighted by Gasteiger charge is -2.35. The molecule has 1 aromatic heterocycles. The summed E-state index contributed by atoms with van der Waals surface area (Å²) < 4.78 is 0. The number of anilines is 2. The van der Waals surface area contributed by atoms with Crippen LogP contribution in [0.4, 0.5) is 16.2 Å². The average molecular weight is 506 g/mol. The highest BCUT2D eigenvalue weighted by Crippen LogP contribution is 2.50. The van der Waals surface area contributed by atoms with Crippen LogP contribution in [0.5, 0.6) is 0 Å². The van der Waals surface area contributed by atoms with E-state index in [1.54, 1.807) is 16.0 Å². The maximum atomic E-state index is 13.4. The molecule has 3 atom stereocenters. The first-order valence-corrected chi connectivity index (χ1v) is 13.3. The average Bonchev–Trinajstić information content (AvgIpc) is 3.23. The van der Waals surface area contributed by atoms with Gasteiger partial charge in [0.1, 0.15) is 10.3 Å². The monoisotopic (exact) mass is 505 g/mol. The predicted molar refractivity (Wildman–Crippen MR) is 140 cm³/mol. The quantitative estimate of drug-likeness (QED) is 0.580. The van der Waals surface area contributed by atoms with Gasteiger partial charge in [-0.1, -0.05) is 44.3 Å². The van der Waals surface area contributed by atoms with Gasteiger partial charge in [0, 0.05) is 30.9 Å². The molecule has 1 fully saturated rings. The second kappa shape index (κ2) is 9.97. The maximum Gasteiger partial charge on any atom is 0.327 e. The van der Waals surface area contributed by atoms with Gasteiger partial charge >= 0.3 is 6.03 Å². The predicted octanol–water partition coefficient (Wildman–Crippen LogP) is 3.95. The van der Waals surface area contributed by atoms with Crippen molar-refractivity contribution in [3.8, 4) is 0 Å². The number of nitrogens with one attached hydrogen (secondary N) is 2. The van der Waals surface area contributed by atoms with E-state index in [2.05, 4.69) is 48.2 Å². The fourth-order valence-electron chi connectivity index (χ4n) is 5.28. The van der Waals surface area contributed by atoms with Gasteiger partial charge in [-0.25, -0.2) is 9.78 Å². The molecular formula is C27H31N5O3S. The Balaban J connectivity index is 1.38. The molecule has 0 saturated carbocycles. The second-order valence-corrected chi connectivity index (χ2v) is 11.1. The minimum Gasteiger partial charge on any atom is -0.351 e. The molecule has 9 heteroatoms. The number of thioether (sulfide) groups is 1. The van der Waals surface area contributed by atoms with Crippen LogP contribution >= 0.6 is 11.8 Å². The fraction of sp³-hybridized carbons (Fsp3) is 0.407. The molecule has 188 valence electrons. The Kier molecular flexibility index (Phi) is 6.75. The summed E-state index contributed by atoms with van der Waals surface area (Å²) in [6.45, 7) is 9.03. The van der Waals surface area contributed by atoms with Crippen molar-refractivity contribution in [2.45, 2.75) is 55.5 Å². The summed E-state index contributed by atoms with van der Waals surface area (Å²) in [6, 6.07) is 9.03. The lowest BCUT2D eigenvalue weighted by atomic mass is 9.98. The number of amides is 4. The summed E-state index contributed by atoms with van der Waals surface area (Å²) in [6.07, 6.45) is 5.55. The zero-order chi connectivity index (χ0) is 25.4. The number of hydrogen-bond acceptors (Lipinski definition) is 5. The van der Waals surface area contributed by atoms with Crippen molar-refractivity contribution in [1.29, 1.82) is 0 Å². The van der Waals surface area contributed by atoms with E-state index in [1.165, 1.54) is 23.4 Å². The summed E-state index contributed by atoms with van der Waals surface area (Å²) in [4.78, 5) is 46.7. The van der Waals surface area contributed by atoms with E-state index < -0.39 is 11.3 Å². The van der Waals surface area contributed by atoms with Crippen LogP contribution in [0.1, 0.15) is 43.9 Å². The summed E-state index contributed by atoms with van der Waals surface area (Å²) >= 11 is 1.38. The van der Waals surface area contributed by atoms with Gasteiger partial charge in [-0.2, -0.15) is 0 Å². The molecule has 2 aromatic rings. The topological polar surface area (TPSA) is 94.6 Å². The molecule has 3 aliphatic heterocycles. The third-order valence-corrected chi connectivity index (χ3v) is 8.12. The summed E-state index contributed by atoms with van der Waals surface area (Å²) in [5.74, 6) is 0.230. The first-order valence-electron chi connectivity index (χ1n) is 12.4. The fourth-order valence-corrected chi connectivity index (χ4v) is 6.52. The number of hydrogen-bond donors (Lipinski definition) is 2. The number of benzene rings is 1. The highest BCUT2D eigenvalue weighted by Gasteiger charge is 2.47. The number of likely N-dealkylation sites (tertiary alicyclic amines) is 1. The molecule has 0 aliphatic carbocycles. The van der Waals surface area contributed by atoms with Crippen LogP contribution in [0.3, 0.4) is 0 Å². The Morgan fingerprint density at radius 1 is 1.33 bits per heavy atom. The van der Waals surface area contributed by atoms with E-state index in [4.69, 9.17) is 0 Å². The number of piperidine rings is 1. The number of carbonyl (C=O) groups excluding carboxylic acids is 3. The van der Waals surface area contributed by atoms with Crippen molar-refractivity contribution >= 4 is 41.0 Å². The number of carbonyl (C=O) groups is 3. The molecule has 0 radical (unpaired) electrons. The molecule has 0 spiro atoms. The molecule has 5 rings (SSSR count). The Hall–Kier alpha value is -3.33. The van der Waals surface area contributed by atoms with Gasteiger partial charge in [0.15, 0.2) is 0 Å². The summed E-state index contributed by atoms with van der Waals surface area (Å²) in [5, 5.41) is 6.42. The van der Waals surface area contributed by atoms with Crippen LogP contribution in [-0.4, -0.2) is 52.1 Å². The van der Waals surface area contributed by atoms with Crippen LogP contribution < -0.4 is 15.5 Å². The van der Waals surface area contributed by atoms with Crippen LogP contribution in [0.2, 0.25) is 0 Å². The molecule has 4 amide bonds. The van der Waals surface area contributed by atoms with Gasteiger partial charge in [-0.15, -0.1) is 0 Å². The van der Waals surface area contributed by atoms with Gasteiger partial charge in [0.05, 0.1) is 17.4 Å². The highest BCUT2D eigenvalue weighted by molar-refractivity contribution is 8.01. The minimum atomic E-state index is -0.530. The van der Waals surface area contributed by atoms with E-state index in [1.807, 2.05) is 18.2 Å². The largest absolute Gasteiger partial charge is 0.351 e. The highest BCUT2D eigenvalue weighted by atomic mass is 32.2. The minimum absolute atomic E-state index is 0.123. The number of rotatable bonds is 6. The molecule has 1 saturated heterocycles. The molecule has 1 aromatic carbocycles. The third kappa shape index (κ3) is 4.59. The Bertz CT molecular complexity index is 1220. The van der Waals surface area contributed by atoms with Crippen molar-refractivity contribution in [3.05, 3.63) is 60.3 Å². The third-order valence-electron chi connectivity index (χ3n) is 6.83. The van der Waals surface area contributed by atoms with E-state index in [0.29, 0.717) is 19.0 Å². The zero-order valence-electron chi connectivity index (χ0n) is 20.6. The van der Waals surface area contributed by atoms with Crippen molar-refractivity contribution < 1.29 is 14.4 Å². The van der Waals surface area contributed by atoms with E-state index in [-0.39, 0.29) is 23.9 Å². The van der Waals surface area contributed by atoms with Gasteiger partial charge in [-0.3, -0.25) is 14.5 Å². The second-order valence-electron chi connectivity index (χ2n) is 9.95. The number of urea groups is 1. The van der Waals surface area contributed by atoms with E-state index in [0.717, 1.165) is 41.2 Å². The molecule has 4 heterocycles. The lowest BCUT2D eigenvalue weighted by Crippen LogP contribution is -2.53.